The van der Waals surface area contributed by atoms with Crippen LogP contribution in [-0.2, 0) is 7.05 Å². The largest absolute Gasteiger partial charge is 0.339 e. The Labute approximate surface area is 104 Å². The molecule has 0 saturated carbocycles. The van der Waals surface area contributed by atoms with Crippen LogP contribution in [-0.4, -0.2) is 24.7 Å². The van der Waals surface area contributed by atoms with Gasteiger partial charge in [-0.05, 0) is 17.8 Å². The van der Waals surface area contributed by atoms with E-state index in [1.165, 1.54) is 10.9 Å². The fourth-order valence-electron chi connectivity index (χ4n) is 1.11. The molecule has 94 valence electrons. The lowest BCUT2D eigenvalue weighted by molar-refractivity contribution is 0.596. The maximum absolute atomic E-state index is 11.2. The van der Waals surface area contributed by atoms with E-state index in [-0.39, 0.29) is 5.95 Å². The van der Waals surface area contributed by atoms with Gasteiger partial charge >= 0.3 is 11.1 Å². The average molecular weight is 267 g/mol. The van der Waals surface area contributed by atoms with Crippen LogP contribution in [0.15, 0.2) is 32.0 Å². The van der Waals surface area contributed by atoms with E-state index in [0.717, 1.165) is 11.8 Å². The lowest BCUT2D eigenvalue weighted by Gasteiger charge is -2.05. The summed E-state index contributed by atoms with van der Waals surface area (Å²) in [4.78, 5) is 33.7. The first kappa shape index (κ1) is 12.3. The molecule has 0 aliphatic rings. The summed E-state index contributed by atoms with van der Waals surface area (Å²) >= 11 is 1.10. The minimum atomic E-state index is -0.846. The summed E-state index contributed by atoms with van der Waals surface area (Å²) in [6, 6.07) is 1.63. The van der Waals surface area contributed by atoms with E-state index in [4.69, 9.17) is 5.84 Å². The van der Waals surface area contributed by atoms with Crippen LogP contribution < -0.4 is 22.4 Å². The first-order chi connectivity index (χ1) is 8.60. The molecule has 0 spiro atoms. The van der Waals surface area contributed by atoms with Crippen molar-refractivity contribution < 1.29 is 0 Å². The zero-order valence-electron chi connectivity index (χ0n) is 9.25. The number of nitrogens with two attached hydrogens (primary N) is 1. The molecule has 0 fully saturated rings. The highest BCUT2D eigenvalue weighted by atomic mass is 32.2. The highest BCUT2D eigenvalue weighted by Crippen LogP contribution is 2.22. The van der Waals surface area contributed by atoms with Gasteiger partial charge in [0.2, 0.25) is 5.95 Å². The van der Waals surface area contributed by atoms with Gasteiger partial charge in [-0.15, -0.1) is 0 Å². The summed E-state index contributed by atoms with van der Waals surface area (Å²) in [6.45, 7) is 0. The highest BCUT2D eigenvalue weighted by Gasteiger charge is 2.07. The van der Waals surface area contributed by atoms with Gasteiger partial charge < -0.3 is 0 Å². The van der Waals surface area contributed by atoms with Crippen LogP contribution in [0.3, 0.4) is 0 Å². The number of nitrogen functional groups attached to an aromatic ring is 1. The number of hydrogen-bond acceptors (Lipinski definition) is 8. The maximum Gasteiger partial charge on any atom is 0.339 e. The number of aryl methyl sites for hydroxylation is 1. The van der Waals surface area contributed by atoms with Gasteiger partial charge in [0, 0.05) is 13.2 Å². The van der Waals surface area contributed by atoms with Crippen LogP contribution in [0.25, 0.3) is 0 Å². The van der Waals surface area contributed by atoms with E-state index in [2.05, 4.69) is 25.5 Å². The van der Waals surface area contributed by atoms with E-state index in [0.29, 0.717) is 10.2 Å². The Bertz CT molecular complexity index is 680. The Morgan fingerprint density at radius 1 is 1.44 bits per heavy atom. The van der Waals surface area contributed by atoms with Gasteiger partial charge in [-0.3, -0.25) is 24.8 Å². The quantitative estimate of drug-likeness (QED) is 0.270. The Morgan fingerprint density at radius 2 is 2.22 bits per heavy atom. The first-order valence-electron chi connectivity index (χ1n) is 4.75. The fraction of sp³-hybridized carbons (Fsp3) is 0.125. The van der Waals surface area contributed by atoms with Crippen molar-refractivity contribution >= 4 is 17.7 Å². The van der Waals surface area contributed by atoms with E-state index in [1.54, 1.807) is 13.1 Å². The Kier molecular flexibility index (Phi) is 3.39. The van der Waals surface area contributed by atoms with Crippen molar-refractivity contribution in [2.45, 2.75) is 10.2 Å². The lowest BCUT2D eigenvalue weighted by atomic mass is 10.7. The molecule has 0 radical (unpaired) electrons. The molecule has 18 heavy (non-hydrogen) atoms. The van der Waals surface area contributed by atoms with Crippen LogP contribution in [0, 0.1) is 0 Å². The molecule has 0 aliphatic carbocycles. The topological polar surface area (TPSA) is 132 Å². The molecule has 0 saturated heterocycles. The summed E-state index contributed by atoms with van der Waals surface area (Å²) in [5, 5.41) is 3.18. The Hall–Kier alpha value is -2.20. The first-order valence-corrected chi connectivity index (χ1v) is 5.56. The van der Waals surface area contributed by atoms with Crippen molar-refractivity contribution in [1.82, 2.24) is 24.7 Å². The molecule has 0 atom stereocenters. The molecule has 0 unspecified atom stereocenters. The molecule has 0 bridgehead atoms. The molecule has 0 aliphatic heterocycles. The van der Waals surface area contributed by atoms with Crippen LogP contribution >= 0.6 is 11.8 Å². The molecule has 0 aromatic carbocycles. The molecule has 4 N–H and O–H groups in total. The van der Waals surface area contributed by atoms with Gasteiger partial charge in [0.25, 0.3) is 0 Å². The van der Waals surface area contributed by atoms with E-state index < -0.39 is 11.1 Å². The lowest BCUT2D eigenvalue weighted by Crippen LogP contribution is -2.33. The van der Waals surface area contributed by atoms with Gasteiger partial charge in [0.05, 0.1) is 0 Å². The minimum Gasteiger partial charge on any atom is -0.292 e. The van der Waals surface area contributed by atoms with Crippen molar-refractivity contribution in [3.63, 3.8) is 0 Å². The number of aromatic amines is 1. The van der Waals surface area contributed by atoms with Crippen molar-refractivity contribution in [3.8, 4) is 0 Å². The van der Waals surface area contributed by atoms with Gasteiger partial charge in [0.15, 0.2) is 5.16 Å². The van der Waals surface area contributed by atoms with Crippen molar-refractivity contribution in [2.24, 2.45) is 12.9 Å². The number of anilines is 1. The third kappa shape index (κ3) is 2.55. The predicted molar refractivity (Wildman–Crippen MR) is 64.1 cm³/mol. The third-order valence-electron chi connectivity index (χ3n) is 1.90. The standard InChI is InChI=1S/C8H9N7O2S/c1-15-8(12-5(16)6(17)14-15)18-4-2-3-10-7(11-4)13-9/h2-3H,9H2,1H3,(H,14,17)(H,10,11,13). The van der Waals surface area contributed by atoms with Crippen LogP contribution in [0.4, 0.5) is 5.95 Å². The molecule has 2 heterocycles. The molecule has 2 rings (SSSR count). The van der Waals surface area contributed by atoms with Crippen LogP contribution in [0.2, 0.25) is 0 Å². The Balaban J connectivity index is 2.36. The summed E-state index contributed by atoms with van der Waals surface area (Å²) in [5.41, 5.74) is 0.691. The summed E-state index contributed by atoms with van der Waals surface area (Å²) in [6.07, 6.45) is 1.51. The average Bonchev–Trinajstić information content (AvgIpc) is 2.36. The van der Waals surface area contributed by atoms with Gasteiger partial charge in [-0.2, -0.15) is 4.98 Å². The van der Waals surface area contributed by atoms with Crippen LogP contribution in [0.5, 0.6) is 0 Å². The zero-order chi connectivity index (χ0) is 13.1. The Morgan fingerprint density at radius 3 is 2.94 bits per heavy atom. The van der Waals surface area contributed by atoms with E-state index in [1.807, 2.05) is 0 Å². The van der Waals surface area contributed by atoms with Crippen molar-refractivity contribution in [3.05, 3.63) is 33.0 Å². The number of hydrogen-bond donors (Lipinski definition) is 3. The van der Waals surface area contributed by atoms with Gasteiger partial charge in [-0.25, -0.2) is 15.8 Å². The second-order valence-corrected chi connectivity index (χ2v) is 4.15. The minimum absolute atomic E-state index is 0.245. The zero-order valence-corrected chi connectivity index (χ0v) is 10.1. The molecule has 10 heteroatoms. The molecular weight excluding hydrogens is 258 g/mol. The predicted octanol–water partition coefficient (Wildman–Crippen LogP) is -1.30. The third-order valence-corrected chi connectivity index (χ3v) is 2.89. The van der Waals surface area contributed by atoms with E-state index >= 15 is 0 Å². The maximum atomic E-state index is 11.2. The number of H-pyrrole nitrogens is 1. The normalized spacial score (nSPS) is 10.3. The second kappa shape index (κ2) is 4.98. The number of hydrazine groups is 1. The van der Waals surface area contributed by atoms with Gasteiger partial charge in [-0.1, -0.05) is 0 Å². The van der Waals surface area contributed by atoms with Crippen molar-refractivity contribution in [2.75, 3.05) is 5.43 Å². The second-order valence-electron chi connectivity index (χ2n) is 3.16. The SMILES string of the molecule is Cn1[nH]c(=O)c(=O)nc1Sc1ccnc(NN)n1. The molecule has 2 aromatic rings. The number of nitrogens with zero attached hydrogens (tertiary/aromatic N) is 4. The summed E-state index contributed by atoms with van der Waals surface area (Å²) < 4.78 is 1.34. The fourth-order valence-corrected chi connectivity index (χ4v) is 1.87. The summed E-state index contributed by atoms with van der Waals surface area (Å²) in [7, 11) is 1.57. The van der Waals surface area contributed by atoms with Crippen molar-refractivity contribution in [1.29, 1.82) is 0 Å². The highest BCUT2D eigenvalue weighted by molar-refractivity contribution is 7.99. The molecule has 0 amide bonds. The summed E-state index contributed by atoms with van der Waals surface area (Å²) in [5.74, 6) is 5.43. The number of rotatable bonds is 3. The molecule has 2 aromatic heterocycles. The van der Waals surface area contributed by atoms with Crippen LogP contribution in [0.1, 0.15) is 0 Å². The number of aromatic nitrogens is 5. The smallest absolute Gasteiger partial charge is 0.292 e. The molecule has 9 nitrogen and oxygen atoms in total. The number of nitrogens with one attached hydrogen (secondary N) is 2. The monoisotopic (exact) mass is 267 g/mol. The van der Waals surface area contributed by atoms with E-state index in [9.17, 15) is 9.59 Å². The molecular formula is C8H9N7O2S. The van der Waals surface area contributed by atoms with Gasteiger partial charge in [0.1, 0.15) is 5.03 Å².